The molecule has 3 aromatic heterocycles. The molecule has 0 spiro atoms. The highest BCUT2D eigenvalue weighted by Crippen LogP contribution is 2.45. The van der Waals surface area contributed by atoms with Crippen LogP contribution in [0.1, 0.15) is 5.56 Å². The summed E-state index contributed by atoms with van der Waals surface area (Å²) in [4.78, 5) is 0. The van der Waals surface area contributed by atoms with E-state index >= 15 is 0 Å². The Morgan fingerprint density at radius 1 is 0.453 bits per heavy atom. The van der Waals surface area contributed by atoms with Crippen LogP contribution in [0.4, 0.5) is 0 Å². The van der Waals surface area contributed by atoms with Crippen LogP contribution in [-0.4, -0.2) is 4.57 Å². The van der Waals surface area contributed by atoms with Gasteiger partial charge in [0.05, 0.1) is 22.3 Å². The number of hydrogen-bond acceptors (Lipinski definition) is 3. The summed E-state index contributed by atoms with van der Waals surface area (Å²) in [7, 11) is 0. The van der Waals surface area contributed by atoms with Gasteiger partial charge in [-0.1, -0.05) is 115 Å². The molecule has 11 aromatic rings. The highest BCUT2D eigenvalue weighted by atomic mass is 32.1. The van der Waals surface area contributed by atoms with Gasteiger partial charge >= 0.3 is 0 Å². The third kappa shape index (κ3) is 4.52. The van der Waals surface area contributed by atoms with E-state index in [9.17, 15) is 5.26 Å². The Kier molecular flexibility index (Phi) is 6.48. The lowest BCUT2D eigenvalue weighted by molar-refractivity contribution is 0.665. The van der Waals surface area contributed by atoms with Crippen molar-refractivity contribution in [1.29, 1.82) is 5.26 Å². The molecular weight excluding hydrogens is 665 g/mol. The number of thiophene rings is 1. The van der Waals surface area contributed by atoms with Crippen molar-refractivity contribution in [3.63, 3.8) is 0 Å². The molecule has 0 unspecified atom stereocenters. The first-order chi connectivity index (χ1) is 26.2. The van der Waals surface area contributed by atoms with Gasteiger partial charge in [0.15, 0.2) is 11.2 Å². The van der Waals surface area contributed by atoms with Crippen molar-refractivity contribution in [2.45, 2.75) is 0 Å². The van der Waals surface area contributed by atoms with E-state index in [-0.39, 0.29) is 0 Å². The van der Waals surface area contributed by atoms with Gasteiger partial charge in [0.25, 0.3) is 0 Å². The maximum Gasteiger partial charge on any atom is 0.159 e. The fourth-order valence-electron chi connectivity index (χ4n) is 8.19. The molecule has 0 aliphatic carbocycles. The quantitative estimate of drug-likeness (QED) is 0.184. The Morgan fingerprint density at radius 3 is 1.75 bits per heavy atom. The van der Waals surface area contributed by atoms with Crippen LogP contribution in [0.2, 0.25) is 0 Å². The molecule has 4 heteroatoms. The van der Waals surface area contributed by atoms with Gasteiger partial charge < -0.3 is 8.98 Å². The first-order valence-electron chi connectivity index (χ1n) is 17.7. The molecule has 8 aromatic carbocycles. The van der Waals surface area contributed by atoms with Crippen molar-refractivity contribution in [1.82, 2.24) is 4.57 Å². The molecule has 3 nitrogen and oxygen atoms in total. The third-order valence-electron chi connectivity index (χ3n) is 10.7. The largest absolute Gasteiger partial charge is 0.452 e. The molecule has 0 bridgehead atoms. The van der Waals surface area contributed by atoms with Crippen LogP contribution < -0.4 is 0 Å². The highest BCUT2D eigenvalue weighted by Gasteiger charge is 2.22. The number of rotatable bonds is 4. The van der Waals surface area contributed by atoms with Crippen molar-refractivity contribution in [3.8, 4) is 45.1 Å². The second-order valence-corrected chi connectivity index (χ2v) is 14.7. The lowest BCUT2D eigenvalue weighted by atomic mass is 9.96. The molecular formula is C49H28N2OS. The molecule has 0 aliphatic heterocycles. The van der Waals surface area contributed by atoms with Gasteiger partial charge in [0, 0.05) is 41.7 Å². The number of furan rings is 1. The van der Waals surface area contributed by atoms with Gasteiger partial charge in [-0.05, 0) is 88.0 Å². The minimum atomic E-state index is 0.523. The van der Waals surface area contributed by atoms with Gasteiger partial charge in [0.1, 0.15) is 6.07 Å². The molecule has 0 amide bonds. The highest BCUT2D eigenvalue weighted by molar-refractivity contribution is 7.25. The molecule has 246 valence electrons. The van der Waals surface area contributed by atoms with Crippen LogP contribution in [0.15, 0.2) is 174 Å². The summed E-state index contributed by atoms with van der Waals surface area (Å²) in [5.41, 5.74) is 11.9. The molecule has 0 aliphatic rings. The third-order valence-corrected chi connectivity index (χ3v) is 11.8. The number of benzene rings is 8. The van der Waals surface area contributed by atoms with Crippen LogP contribution in [0.5, 0.6) is 0 Å². The van der Waals surface area contributed by atoms with Crippen molar-refractivity contribution in [3.05, 3.63) is 175 Å². The zero-order valence-corrected chi connectivity index (χ0v) is 29.2. The number of nitrogens with zero attached hydrogens (tertiary/aromatic N) is 2. The molecule has 11 rings (SSSR count). The van der Waals surface area contributed by atoms with Crippen LogP contribution in [-0.2, 0) is 0 Å². The number of nitriles is 1. The van der Waals surface area contributed by atoms with E-state index in [1.807, 2.05) is 17.4 Å². The Bertz CT molecular complexity index is 3190. The standard InChI is InChI=1S/C49H28N2OS/c50-29-35-18-22-36(34-21-25-46-41(28-34)37-14-7-8-17-45(37)53-46)47-38-15-9-16-44(49(38)52-48(35)47)51-42-23-19-32(30-10-3-1-4-11-30)26-39(42)40-27-33(20-24-43(40)51)31-12-5-2-6-13-31/h1-28H. The van der Waals surface area contributed by atoms with Gasteiger partial charge in [-0.25, -0.2) is 0 Å². The van der Waals surface area contributed by atoms with E-state index in [1.165, 1.54) is 53.2 Å². The second kappa shape index (κ2) is 11.5. The van der Waals surface area contributed by atoms with Crippen molar-refractivity contribution < 1.29 is 4.42 Å². The Labute approximate surface area is 308 Å². The first kappa shape index (κ1) is 29.8. The zero-order valence-electron chi connectivity index (χ0n) is 28.4. The van der Waals surface area contributed by atoms with Crippen LogP contribution >= 0.6 is 11.3 Å². The average Bonchev–Trinajstić information content (AvgIpc) is 3.90. The van der Waals surface area contributed by atoms with Crippen molar-refractivity contribution in [2.24, 2.45) is 0 Å². The van der Waals surface area contributed by atoms with Gasteiger partial charge in [-0.15, -0.1) is 11.3 Å². The van der Waals surface area contributed by atoms with E-state index < -0.39 is 0 Å². The van der Waals surface area contributed by atoms with Gasteiger partial charge in [-0.3, -0.25) is 0 Å². The lowest BCUT2D eigenvalue weighted by Crippen LogP contribution is -1.94. The molecule has 0 saturated carbocycles. The predicted octanol–water partition coefficient (Wildman–Crippen LogP) is 13.9. The fourth-order valence-corrected chi connectivity index (χ4v) is 9.27. The van der Waals surface area contributed by atoms with Crippen molar-refractivity contribution >= 4 is 75.3 Å². The average molecular weight is 693 g/mol. The normalized spacial score (nSPS) is 11.8. The molecule has 3 heterocycles. The van der Waals surface area contributed by atoms with Crippen LogP contribution in [0.25, 0.3) is 103 Å². The molecule has 0 N–H and O–H groups in total. The van der Waals surface area contributed by atoms with Gasteiger partial charge in [-0.2, -0.15) is 5.26 Å². The SMILES string of the molecule is N#Cc1ccc(-c2ccc3sc4ccccc4c3c2)c2c1oc1c(-n3c4ccc(-c5ccccc5)cc4c4cc(-c5ccccc5)ccc43)cccc12. The predicted molar refractivity (Wildman–Crippen MR) is 222 cm³/mol. The number of aromatic nitrogens is 1. The van der Waals surface area contributed by atoms with Crippen LogP contribution in [0, 0.1) is 11.3 Å². The lowest BCUT2D eigenvalue weighted by Gasteiger charge is -2.10. The minimum absolute atomic E-state index is 0.523. The van der Waals surface area contributed by atoms with E-state index in [4.69, 9.17) is 4.42 Å². The molecule has 0 radical (unpaired) electrons. The maximum absolute atomic E-state index is 10.3. The molecule has 0 atom stereocenters. The summed E-state index contributed by atoms with van der Waals surface area (Å²) >= 11 is 1.82. The monoisotopic (exact) mass is 692 g/mol. The Hall–Kier alpha value is -6.93. The molecule has 0 saturated heterocycles. The second-order valence-electron chi connectivity index (χ2n) is 13.6. The van der Waals surface area contributed by atoms with E-state index in [0.29, 0.717) is 11.1 Å². The van der Waals surface area contributed by atoms with E-state index in [0.717, 1.165) is 44.2 Å². The summed E-state index contributed by atoms with van der Waals surface area (Å²) in [5.74, 6) is 0. The summed E-state index contributed by atoms with van der Waals surface area (Å²) in [6, 6.07) is 62.7. The van der Waals surface area contributed by atoms with E-state index in [2.05, 4.69) is 174 Å². The fraction of sp³-hybridized carbons (Fsp3) is 0. The zero-order chi connectivity index (χ0) is 35.0. The van der Waals surface area contributed by atoms with Gasteiger partial charge in [0.2, 0.25) is 0 Å². The number of fused-ring (bicyclic) bond motifs is 9. The Balaban J connectivity index is 1.19. The summed E-state index contributed by atoms with van der Waals surface area (Å²) < 4.78 is 11.7. The summed E-state index contributed by atoms with van der Waals surface area (Å²) in [6.45, 7) is 0. The topological polar surface area (TPSA) is 41.9 Å². The number of para-hydroxylation sites is 1. The molecule has 53 heavy (non-hydrogen) atoms. The summed E-state index contributed by atoms with van der Waals surface area (Å²) in [5, 5.41) is 17.1. The smallest absolute Gasteiger partial charge is 0.159 e. The van der Waals surface area contributed by atoms with Crippen LogP contribution in [0.3, 0.4) is 0 Å². The Morgan fingerprint density at radius 2 is 1.06 bits per heavy atom. The van der Waals surface area contributed by atoms with E-state index in [1.54, 1.807) is 0 Å². The summed E-state index contributed by atoms with van der Waals surface area (Å²) in [6.07, 6.45) is 0. The minimum Gasteiger partial charge on any atom is -0.452 e. The number of hydrogen-bond donors (Lipinski definition) is 0. The molecule has 0 fully saturated rings. The van der Waals surface area contributed by atoms with Crippen molar-refractivity contribution in [2.75, 3.05) is 0 Å². The first-order valence-corrected chi connectivity index (χ1v) is 18.5. The maximum atomic E-state index is 10.3.